The van der Waals surface area contributed by atoms with E-state index in [9.17, 15) is 19.5 Å². The Hall–Kier alpha value is -2.08. The lowest BCUT2D eigenvalue weighted by molar-refractivity contribution is -0.113. The normalized spacial score (nSPS) is 10.1. The zero-order chi connectivity index (χ0) is 16.2. The fraction of sp³-hybridized carbons (Fsp3) is 0.357. The van der Waals surface area contributed by atoms with Crippen LogP contribution in [-0.4, -0.2) is 35.4 Å². The lowest BCUT2D eigenvalue weighted by Gasteiger charge is -2.16. The summed E-state index contributed by atoms with van der Waals surface area (Å²) in [6.07, 6.45) is 0. The van der Waals surface area contributed by atoms with Gasteiger partial charge in [0.05, 0.1) is 23.4 Å². The number of anilines is 1. The third-order valence-electron chi connectivity index (χ3n) is 2.86. The van der Waals surface area contributed by atoms with Gasteiger partial charge in [-0.3, -0.25) is 4.79 Å². The highest BCUT2D eigenvalue weighted by Crippen LogP contribution is 2.27. The molecule has 0 heterocycles. The molecule has 21 heavy (non-hydrogen) atoms. The average Bonchev–Trinajstić information content (AvgIpc) is 2.37. The van der Waals surface area contributed by atoms with Crippen molar-refractivity contribution < 1.29 is 24.2 Å². The van der Waals surface area contributed by atoms with E-state index in [0.29, 0.717) is 5.56 Å². The van der Waals surface area contributed by atoms with E-state index < -0.39 is 17.8 Å². The molecule has 0 saturated carbocycles. The third kappa shape index (κ3) is 3.72. The highest BCUT2D eigenvalue weighted by molar-refractivity contribution is 6.29. The first-order chi connectivity index (χ1) is 9.83. The van der Waals surface area contributed by atoms with Crippen LogP contribution in [0.4, 0.5) is 5.69 Å². The van der Waals surface area contributed by atoms with Gasteiger partial charge in [-0.25, -0.2) is 9.59 Å². The minimum absolute atomic E-state index is 0.108. The van der Waals surface area contributed by atoms with Gasteiger partial charge in [0.1, 0.15) is 5.88 Å². The van der Waals surface area contributed by atoms with Gasteiger partial charge in [-0.15, -0.1) is 11.6 Å². The molecule has 0 spiro atoms. The Bertz CT molecular complexity index is 598. The SMILES string of the molecule is CCOC(=O)c1c(C)cc(NC(=O)CCl)c(C(=O)O)c1C. The van der Waals surface area contributed by atoms with E-state index in [4.69, 9.17) is 16.3 Å². The van der Waals surface area contributed by atoms with E-state index in [1.54, 1.807) is 13.8 Å². The van der Waals surface area contributed by atoms with E-state index in [0.717, 1.165) is 0 Å². The van der Waals surface area contributed by atoms with Crippen molar-refractivity contribution in [2.75, 3.05) is 17.8 Å². The predicted molar refractivity (Wildman–Crippen MR) is 78.2 cm³/mol. The maximum atomic E-state index is 11.9. The lowest BCUT2D eigenvalue weighted by Crippen LogP contribution is -2.19. The number of carbonyl (C=O) groups excluding carboxylic acids is 2. The summed E-state index contributed by atoms with van der Waals surface area (Å²) in [6, 6.07) is 1.42. The largest absolute Gasteiger partial charge is 0.478 e. The minimum atomic E-state index is -1.25. The van der Waals surface area contributed by atoms with E-state index in [-0.39, 0.29) is 34.9 Å². The summed E-state index contributed by atoms with van der Waals surface area (Å²) in [5.74, 6) is -2.66. The van der Waals surface area contributed by atoms with Crippen LogP contribution in [-0.2, 0) is 9.53 Å². The maximum Gasteiger partial charge on any atom is 0.338 e. The Labute approximate surface area is 127 Å². The molecule has 1 rings (SSSR count). The molecule has 0 aliphatic rings. The molecule has 0 fully saturated rings. The Morgan fingerprint density at radius 3 is 2.38 bits per heavy atom. The fourth-order valence-electron chi connectivity index (χ4n) is 2.06. The Kier molecular flexibility index (Phi) is 5.72. The first-order valence-electron chi connectivity index (χ1n) is 6.23. The molecule has 0 aliphatic heterocycles. The summed E-state index contributed by atoms with van der Waals surface area (Å²) >= 11 is 5.40. The monoisotopic (exact) mass is 313 g/mol. The second kappa shape index (κ2) is 7.08. The summed E-state index contributed by atoms with van der Waals surface area (Å²) < 4.78 is 4.93. The fourth-order valence-corrected chi connectivity index (χ4v) is 2.13. The number of halogens is 1. The van der Waals surface area contributed by atoms with Gasteiger partial charge in [-0.2, -0.15) is 0 Å². The van der Waals surface area contributed by atoms with Crippen LogP contribution in [0.15, 0.2) is 6.07 Å². The van der Waals surface area contributed by atoms with Gasteiger partial charge in [0.25, 0.3) is 0 Å². The van der Waals surface area contributed by atoms with Crippen LogP contribution in [0.2, 0.25) is 0 Å². The standard InChI is InChI=1S/C14H16ClNO5/c1-4-21-14(20)11-7(2)5-9(16-10(17)6-15)12(8(11)3)13(18)19/h5H,4,6H2,1-3H3,(H,16,17)(H,18,19). The molecule has 6 nitrogen and oxygen atoms in total. The molecule has 0 radical (unpaired) electrons. The summed E-state index contributed by atoms with van der Waals surface area (Å²) in [6.45, 7) is 4.99. The van der Waals surface area contributed by atoms with Gasteiger partial charge in [-0.05, 0) is 38.0 Å². The number of ether oxygens (including phenoxy) is 1. The number of aryl methyl sites for hydroxylation is 1. The smallest absolute Gasteiger partial charge is 0.338 e. The Morgan fingerprint density at radius 2 is 1.90 bits per heavy atom. The molecule has 0 atom stereocenters. The topological polar surface area (TPSA) is 92.7 Å². The van der Waals surface area contributed by atoms with E-state index in [2.05, 4.69) is 5.32 Å². The third-order valence-corrected chi connectivity index (χ3v) is 3.11. The van der Waals surface area contributed by atoms with Crippen molar-refractivity contribution in [3.05, 3.63) is 28.3 Å². The molecule has 1 aromatic carbocycles. The molecular formula is C14H16ClNO5. The number of nitrogens with one attached hydrogen (secondary N) is 1. The summed E-state index contributed by atoms with van der Waals surface area (Å²) in [5.41, 5.74) is 0.906. The lowest BCUT2D eigenvalue weighted by atomic mass is 9.95. The quantitative estimate of drug-likeness (QED) is 0.643. The van der Waals surface area contributed by atoms with Crippen molar-refractivity contribution in [2.45, 2.75) is 20.8 Å². The zero-order valence-corrected chi connectivity index (χ0v) is 12.7. The second-order valence-electron chi connectivity index (χ2n) is 4.32. The number of carbonyl (C=O) groups is 3. The molecule has 0 unspecified atom stereocenters. The number of hydrogen-bond donors (Lipinski definition) is 2. The summed E-state index contributed by atoms with van der Waals surface area (Å²) in [4.78, 5) is 34.7. The number of hydrogen-bond acceptors (Lipinski definition) is 4. The number of esters is 1. The zero-order valence-electron chi connectivity index (χ0n) is 11.9. The molecule has 0 bridgehead atoms. The van der Waals surface area contributed by atoms with Crippen LogP contribution in [0, 0.1) is 13.8 Å². The predicted octanol–water partition coefficient (Wildman–Crippen LogP) is 2.36. The number of alkyl halides is 1. The molecule has 0 aliphatic carbocycles. The highest BCUT2D eigenvalue weighted by atomic mass is 35.5. The molecule has 7 heteroatoms. The van der Waals surface area contributed by atoms with Crippen molar-refractivity contribution in [1.29, 1.82) is 0 Å². The number of rotatable bonds is 5. The molecule has 2 N–H and O–H groups in total. The highest BCUT2D eigenvalue weighted by Gasteiger charge is 2.23. The molecular weight excluding hydrogens is 298 g/mol. The van der Waals surface area contributed by atoms with Gasteiger partial charge >= 0.3 is 11.9 Å². The van der Waals surface area contributed by atoms with Crippen molar-refractivity contribution >= 4 is 35.1 Å². The Balaban J connectivity index is 3.47. The van der Waals surface area contributed by atoms with Crippen LogP contribution >= 0.6 is 11.6 Å². The van der Waals surface area contributed by atoms with E-state index >= 15 is 0 Å². The summed E-state index contributed by atoms with van der Waals surface area (Å²) in [7, 11) is 0. The van der Waals surface area contributed by atoms with Crippen LogP contribution < -0.4 is 5.32 Å². The number of aromatic carboxylic acids is 1. The maximum absolute atomic E-state index is 11.9. The van der Waals surface area contributed by atoms with Crippen LogP contribution in [0.1, 0.15) is 38.8 Å². The molecule has 1 amide bonds. The van der Waals surface area contributed by atoms with Gasteiger partial charge in [-0.1, -0.05) is 0 Å². The van der Waals surface area contributed by atoms with Gasteiger partial charge in [0.2, 0.25) is 5.91 Å². The first-order valence-corrected chi connectivity index (χ1v) is 6.77. The van der Waals surface area contributed by atoms with Gasteiger partial charge in [0.15, 0.2) is 0 Å². The summed E-state index contributed by atoms with van der Waals surface area (Å²) in [5, 5.41) is 11.7. The van der Waals surface area contributed by atoms with Crippen LogP contribution in [0.25, 0.3) is 0 Å². The van der Waals surface area contributed by atoms with Crippen molar-refractivity contribution in [2.24, 2.45) is 0 Å². The number of carboxylic acids is 1. The van der Waals surface area contributed by atoms with Crippen molar-refractivity contribution in [1.82, 2.24) is 0 Å². The molecule has 0 saturated heterocycles. The van der Waals surface area contributed by atoms with Crippen molar-refractivity contribution in [3.8, 4) is 0 Å². The molecule has 0 aromatic heterocycles. The number of carboxylic acid groups (broad SMARTS) is 1. The van der Waals surface area contributed by atoms with Gasteiger partial charge < -0.3 is 15.2 Å². The van der Waals surface area contributed by atoms with Crippen LogP contribution in [0.5, 0.6) is 0 Å². The van der Waals surface area contributed by atoms with E-state index in [1.165, 1.54) is 13.0 Å². The molecule has 114 valence electrons. The first kappa shape index (κ1) is 17.0. The van der Waals surface area contributed by atoms with Crippen LogP contribution in [0.3, 0.4) is 0 Å². The van der Waals surface area contributed by atoms with Gasteiger partial charge in [0, 0.05) is 0 Å². The number of amides is 1. The molecule has 1 aromatic rings. The minimum Gasteiger partial charge on any atom is -0.478 e. The average molecular weight is 314 g/mol. The number of benzene rings is 1. The van der Waals surface area contributed by atoms with Crippen molar-refractivity contribution in [3.63, 3.8) is 0 Å². The van der Waals surface area contributed by atoms with E-state index in [1.807, 2.05) is 0 Å². The second-order valence-corrected chi connectivity index (χ2v) is 4.59. The Morgan fingerprint density at radius 1 is 1.29 bits per heavy atom.